The number of nitrogens with zero attached hydrogens (tertiary/aromatic N) is 1. The van der Waals surface area contributed by atoms with Gasteiger partial charge in [-0.3, -0.25) is 0 Å². The van der Waals surface area contributed by atoms with Crippen molar-refractivity contribution in [3.05, 3.63) is 70.1 Å². The fourth-order valence-electron chi connectivity index (χ4n) is 2.51. The predicted octanol–water partition coefficient (Wildman–Crippen LogP) is 5.00. The Bertz CT molecular complexity index is 1030. The molecule has 0 saturated carbocycles. The summed E-state index contributed by atoms with van der Waals surface area (Å²) >= 11 is 3.34. The number of hydrogen-bond acceptors (Lipinski definition) is 5. The molecule has 0 aliphatic carbocycles. The Morgan fingerprint density at radius 1 is 1.17 bits per heavy atom. The molecule has 3 nitrogen and oxygen atoms in total. The van der Waals surface area contributed by atoms with Gasteiger partial charge >= 0.3 is 5.63 Å². The van der Waals surface area contributed by atoms with E-state index in [-0.39, 0.29) is 5.63 Å². The van der Waals surface area contributed by atoms with Crippen molar-refractivity contribution in [3.8, 4) is 0 Å². The summed E-state index contributed by atoms with van der Waals surface area (Å²) in [4.78, 5) is 16.4. The van der Waals surface area contributed by atoms with Crippen LogP contribution in [0.3, 0.4) is 0 Å². The maximum atomic E-state index is 11.8. The second-order valence-corrected chi connectivity index (χ2v) is 7.58. The Morgan fingerprint density at radius 2 is 2.04 bits per heavy atom. The van der Waals surface area contributed by atoms with Gasteiger partial charge in [-0.1, -0.05) is 35.5 Å². The van der Waals surface area contributed by atoms with Crippen molar-refractivity contribution in [1.29, 1.82) is 0 Å². The van der Waals surface area contributed by atoms with Crippen LogP contribution in [0.4, 0.5) is 0 Å². The number of aromatic nitrogens is 1. The van der Waals surface area contributed by atoms with Crippen molar-refractivity contribution >= 4 is 44.3 Å². The Balaban J connectivity index is 1.69. The van der Waals surface area contributed by atoms with Crippen LogP contribution in [0, 0.1) is 6.92 Å². The molecule has 0 atom stereocenters. The molecule has 0 spiro atoms. The van der Waals surface area contributed by atoms with Crippen LogP contribution in [0.5, 0.6) is 0 Å². The van der Waals surface area contributed by atoms with E-state index in [2.05, 4.69) is 17.1 Å². The number of thioether (sulfide) groups is 1. The molecule has 4 aromatic rings. The van der Waals surface area contributed by atoms with Crippen LogP contribution in [-0.2, 0) is 5.75 Å². The van der Waals surface area contributed by atoms with E-state index in [0.717, 1.165) is 26.4 Å². The topological polar surface area (TPSA) is 43.1 Å². The standard InChI is InChI=1S/C18H13NO2S2/c1-11-6-7-15-13(8-11)12(9-17(20)21-15)10-22-18-19-14-4-2-3-5-16(14)23-18/h2-9H,10H2,1H3. The Morgan fingerprint density at radius 3 is 2.91 bits per heavy atom. The highest BCUT2D eigenvalue weighted by Crippen LogP contribution is 2.32. The van der Waals surface area contributed by atoms with Gasteiger partial charge in [0.1, 0.15) is 5.58 Å². The van der Waals surface area contributed by atoms with Gasteiger partial charge in [0.2, 0.25) is 0 Å². The SMILES string of the molecule is Cc1ccc2oc(=O)cc(CSc3nc4ccccc4s3)c2c1. The largest absolute Gasteiger partial charge is 0.423 e. The van der Waals surface area contributed by atoms with E-state index < -0.39 is 0 Å². The highest BCUT2D eigenvalue weighted by Gasteiger charge is 2.09. The molecule has 114 valence electrons. The molecule has 0 unspecified atom stereocenters. The maximum absolute atomic E-state index is 11.8. The number of hydrogen-bond donors (Lipinski definition) is 0. The van der Waals surface area contributed by atoms with Crippen molar-refractivity contribution in [2.45, 2.75) is 17.0 Å². The van der Waals surface area contributed by atoms with Crippen molar-refractivity contribution in [2.24, 2.45) is 0 Å². The zero-order chi connectivity index (χ0) is 15.8. The second-order valence-electron chi connectivity index (χ2n) is 5.33. The lowest BCUT2D eigenvalue weighted by Gasteiger charge is -2.05. The van der Waals surface area contributed by atoms with Crippen LogP contribution in [0.25, 0.3) is 21.2 Å². The van der Waals surface area contributed by atoms with Gasteiger partial charge < -0.3 is 4.42 Å². The predicted molar refractivity (Wildman–Crippen MR) is 96.4 cm³/mol. The van der Waals surface area contributed by atoms with Crippen LogP contribution < -0.4 is 5.63 Å². The van der Waals surface area contributed by atoms with Crippen LogP contribution in [-0.4, -0.2) is 4.98 Å². The van der Waals surface area contributed by atoms with Crippen LogP contribution in [0.1, 0.15) is 11.1 Å². The lowest BCUT2D eigenvalue weighted by molar-refractivity contribution is 0.559. The highest BCUT2D eigenvalue weighted by molar-refractivity contribution is 8.00. The monoisotopic (exact) mass is 339 g/mol. The summed E-state index contributed by atoms with van der Waals surface area (Å²) < 4.78 is 7.48. The molecule has 2 aromatic heterocycles. The Hall–Kier alpha value is -2.11. The number of aryl methyl sites for hydroxylation is 1. The van der Waals surface area contributed by atoms with Crippen LogP contribution in [0.2, 0.25) is 0 Å². The average molecular weight is 339 g/mol. The molecule has 0 aliphatic heterocycles. The Labute approximate surface area is 141 Å². The third-order valence-corrected chi connectivity index (χ3v) is 5.84. The number of para-hydroxylation sites is 1. The first kappa shape index (κ1) is 14.5. The average Bonchev–Trinajstić information content (AvgIpc) is 2.96. The number of benzene rings is 2. The highest BCUT2D eigenvalue weighted by atomic mass is 32.2. The molecule has 0 fully saturated rings. The van der Waals surface area contributed by atoms with E-state index in [1.54, 1.807) is 29.2 Å². The maximum Gasteiger partial charge on any atom is 0.336 e. The van der Waals surface area contributed by atoms with Gasteiger partial charge in [0.05, 0.1) is 10.2 Å². The second kappa shape index (κ2) is 5.83. The minimum absolute atomic E-state index is 0.304. The molecule has 0 saturated heterocycles. The fourth-order valence-corrected chi connectivity index (χ4v) is 4.57. The normalized spacial score (nSPS) is 11.3. The first-order valence-electron chi connectivity index (χ1n) is 7.21. The summed E-state index contributed by atoms with van der Waals surface area (Å²) in [6.45, 7) is 2.04. The molecule has 2 heterocycles. The summed E-state index contributed by atoms with van der Waals surface area (Å²) in [6.07, 6.45) is 0. The zero-order valence-corrected chi connectivity index (χ0v) is 14.0. The third kappa shape index (κ3) is 2.90. The van der Waals surface area contributed by atoms with E-state index in [1.807, 2.05) is 37.3 Å². The molecule has 5 heteroatoms. The lowest BCUT2D eigenvalue weighted by Crippen LogP contribution is -2.00. The van der Waals surface area contributed by atoms with Gasteiger partial charge in [-0.2, -0.15) is 0 Å². The quantitative estimate of drug-likeness (QED) is 0.389. The molecular weight excluding hydrogens is 326 g/mol. The first-order chi connectivity index (χ1) is 11.2. The molecule has 4 rings (SSSR count). The van der Waals surface area contributed by atoms with Crippen molar-refractivity contribution in [3.63, 3.8) is 0 Å². The molecule has 0 amide bonds. The zero-order valence-electron chi connectivity index (χ0n) is 12.4. The van der Waals surface area contributed by atoms with Crippen LogP contribution >= 0.6 is 23.1 Å². The smallest absolute Gasteiger partial charge is 0.336 e. The molecule has 0 bridgehead atoms. The van der Waals surface area contributed by atoms with Gasteiger partial charge in [0.15, 0.2) is 4.34 Å². The van der Waals surface area contributed by atoms with Gasteiger partial charge in [-0.15, -0.1) is 11.3 Å². The van der Waals surface area contributed by atoms with Crippen molar-refractivity contribution < 1.29 is 4.42 Å². The summed E-state index contributed by atoms with van der Waals surface area (Å²) in [5.41, 5.74) is 3.50. The number of fused-ring (bicyclic) bond motifs is 2. The summed E-state index contributed by atoms with van der Waals surface area (Å²) in [5.74, 6) is 0.700. The van der Waals surface area contributed by atoms with E-state index in [1.165, 1.54) is 4.70 Å². The van der Waals surface area contributed by atoms with E-state index in [4.69, 9.17) is 4.42 Å². The molecule has 0 aliphatic rings. The minimum atomic E-state index is -0.304. The Kier molecular flexibility index (Phi) is 3.67. The summed E-state index contributed by atoms with van der Waals surface area (Å²) in [6, 6.07) is 15.6. The van der Waals surface area contributed by atoms with Crippen molar-refractivity contribution in [2.75, 3.05) is 0 Å². The molecular formula is C18H13NO2S2. The molecule has 0 radical (unpaired) electrons. The van der Waals surface area contributed by atoms with Gasteiger partial charge in [0, 0.05) is 17.2 Å². The van der Waals surface area contributed by atoms with Crippen molar-refractivity contribution in [1.82, 2.24) is 4.98 Å². The van der Waals surface area contributed by atoms with E-state index in [9.17, 15) is 4.79 Å². The van der Waals surface area contributed by atoms with Gasteiger partial charge in [-0.25, -0.2) is 9.78 Å². The lowest BCUT2D eigenvalue weighted by atomic mass is 10.1. The summed E-state index contributed by atoms with van der Waals surface area (Å²) in [7, 11) is 0. The van der Waals surface area contributed by atoms with Gasteiger partial charge in [0.25, 0.3) is 0 Å². The molecule has 0 N–H and O–H groups in total. The molecule has 23 heavy (non-hydrogen) atoms. The summed E-state index contributed by atoms with van der Waals surface area (Å²) in [5, 5.41) is 0.998. The van der Waals surface area contributed by atoms with E-state index >= 15 is 0 Å². The minimum Gasteiger partial charge on any atom is -0.423 e. The molecule has 2 aromatic carbocycles. The third-order valence-electron chi connectivity index (χ3n) is 3.61. The number of thiazole rings is 1. The first-order valence-corrected chi connectivity index (χ1v) is 9.01. The van der Waals surface area contributed by atoms with Gasteiger partial charge in [-0.05, 0) is 36.8 Å². The van der Waals surface area contributed by atoms with Crippen LogP contribution in [0.15, 0.2) is 62.1 Å². The fraction of sp³-hybridized carbons (Fsp3) is 0.111. The number of rotatable bonds is 3. The van der Waals surface area contributed by atoms with E-state index in [0.29, 0.717) is 11.3 Å².